The molecule has 0 unspecified atom stereocenters. The third-order valence-electron chi connectivity index (χ3n) is 4.41. The van der Waals surface area contributed by atoms with Crippen molar-refractivity contribution in [2.45, 2.75) is 64.7 Å². The molecule has 1 saturated carbocycles. The van der Waals surface area contributed by atoms with E-state index in [2.05, 4.69) is 25.2 Å². The van der Waals surface area contributed by atoms with E-state index >= 15 is 0 Å². The molecule has 0 N–H and O–H groups in total. The Balaban J connectivity index is 1.72. The van der Waals surface area contributed by atoms with Gasteiger partial charge < -0.3 is 0 Å². The van der Waals surface area contributed by atoms with Gasteiger partial charge in [-0.05, 0) is 37.5 Å². The van der Waals surface area contributed by atoms with Gasteiger partial charge >= 0.3 is 0 Å². The van der Waals surface area contributed by atoms with E-state index in [1.165, 1.54) is 57.8 Å². The molecule has 0 aliphatic heterocycles. The maximum absolute atomic E-state index is 2.48. The first-order valence-electron chi connectivity index (χ1n) is 7.22. The van der Waals surface area contributed by atoms with Gasteiger partial charge in [-0.1, -0.05) is 62.8 Å². The minimum atomic E-state index is 0.941. The molecule has 0 saturated heterocycles. The van der Waals surface area contributed by atoms with Gasteiger partial charge in [-0.15, -0.1) is 0 Å². The fraction of sp³-hybridized carbons (Fsp3) is 0.750. The molecule has 0 spiro atoms. The molecule has 16 heavy (non-hydrogen) atoms. The molecule has 0 radical (unpaired) electrons. The lowest BCUT2D eigenvalue weighted by molar-refractivity contribution is 0.253. The molecule has 0 heterocycles. The second-order valence-electron chi connectivity index (χ2n) is 5.67. The summed E-state index contributed by atoms with van der Waals surface area (Å²) in [6.45, 7) is 2.48. The number of rotatable bonds is 4. The van der Waals surface area contributed by atoms with Crippen molar-refractivity contribution in [3.63, 3.8) is 0 Å². The second kappa shape index (κ2) is 6.27. The average Bonchev–Trinajstić information content (AvgIpc) is 2.38. The second-order valence-corrected chi connectivity index (χ2v) is 5.67. The van der Waals surface area contributed by atoms with Crippen molar-refractivity contribution in [3.8, 4) is 0 Å². The van der Waals surface area contributed by atoms with Gasteiger partial charge in [-0.2, -0.15) is 0 Å². The lowest BCUT2D eigenvalue weighted by atomic mass is 9.78. The van der Waals surface area contributed by atoms with E-state index in [9.17, 15) is 0 Å². The molecule has 90 valence electrons. The minimum absolute atomic E-state index is 0.941. The Morgan fingerprint density at radius 2 is 2.00 bits per heavy atom. The Bertz CT molecular complexity index is 253. The molecule has 2 aliphatic carbocycles. The lowest BCUT2D eigenvalue weighted by Gasteiger charge is -2.27. The SMILES string of the molecule is C[C@@H](CCC1=CCCC=C1)C1CCCCC1. The average molecular weight is 218 g/mol. The van der Waals surface area contributed by atoms with Crippen LogP contribution in [0.25, 0.3) is 0 Å². The van der Waals surface area contributed by atoms with Crippen LogP contribution in [-0.4, -0.2) is 0 Å². The predicted molar refractivity (Wildman–Crippen MR) is 71.4 cm³/mol. The van der Waals surface area contributed by atoms with Crippen molar-refractivity contribution in [1.29, 1.82) is 0 Å². The van der Waals surface area contributed by atoms with E-state index < -0.39 is 0 Å². The van der Waals surface area contributed by atoms with Crippen LogP contribution in [0.3, 0.4) is 0 Å². The molecule has 2 aliphatic rings. The van der Waals surface area contributed by atoms with E-state index in [0.29, 0.717) is 0 Å². The van der Waals surface area contributed by atoms with E-state index in [1.807, 2.05) is 0 Å². The van der Waals surface area contributed by atoms with Gasteiger partial charge in [0.15, 0.2) is 0 Å². The van der Waals surface area contributed by atoms with Crippen LogP contribution in [0.15, 0.2) is 23.8 Å². The third-order valence-corrected chi connectivity index (χ3v) is 4.41. The van der Waals surface area contributed by atoms with E-state index in [-0.39, 0.29) is 0 Å². The van der Waals surface area contributed by atoms with Crippen LogP contribution in [0.5, 0.6) is 0 Å². The highest BCUT2D eigenvalue weighted by atomic mass is 14.2. The highest BCUT2D eigenvalue weighted by Crippen LogP contribution is 2.33. The maximum Gasteiger partial charge on any atom is -0.0280 e. The fourth-order valence-electron chi connectivity index (χ4n) is 3.19. The van der Waals surface area contributed by atoms with Crippen molar-refractivity contribution in [1.82, 2.24) is 0 Å². The number of hydrogen-bond donors (Lipinski definition) is 0. The molecule has 1 fully saturated rings. The van der Waals surface area contributed by atoms with E-state index in [0.717, 1.165) is 11.8 Å². The lowest BCUT2D eigenvalue weighted by Crippen LogP contribution is -2.15. The van der Waals surface area contributed by atoms with Crippen molar-refractivity contribution in [3.05, 3.63) is 23.8 Å². The first-order chi connectivity index (χ1) is 7.86. The smallest absolute Gasteiger partial charge is 0.0280 e. The van der Waals surface area contributed by atoms with Gasteiger partial charge in [-0.3, -0.25) is 0 Å². The van der Waals surface area contributed by atoms with Crippen LogP contribution in [0.2, 0.25) is 0 Å². The molecule has 2 rings (SSSR count). The Labute approximate surface area is 101 Å². The zero-order valence-corrected chi connectivity index (χ0v) is 10.8. The Morgan fingerprint density at radius 1 is 1.19 bits per heavy atom. The summed E-state index contributed by atoms with van der Waals surface area (Å²) in [5.74, 6) is 1.97. The first kappa shape index (κ1) is 12.0. The molecule has 0 aromatic carbocycles. The maximum atomic E-state index is 2.48. The molecular weight excluding hydrogens is 192 g/mol. The standard InChI is InChI=1S/C16H26/c1-14(16-10-6-3-7-11-16)12-13-15-8-4-2-5-9-15/h4,8-9,14,16H,2-3,5-7,10-13H2,1H3/t14-/m0/s1. The summed E-state index contributed by atoms with van der Waals surface area (Å²) < 4.78 is 0. The number of allylic oxidation sites excluding steroid dienone is 4. The predicted octanol–water partition coefficient (Wildman–Crippen LogP) is 5.26. The van der Waals surface area contributed by atoms with Crippen molar-refractivity contribution in [2.75, 3.05) is 0 Å². The summed E-state index contributed by atoms with van der Waals surface area (Å²) in [4.78, 5) is 0. The van der Waals surface area contributed by atoms with Gasteiger partial charge in [0.25, 0.3) is 0 Å². The van der Waals surface area contributed by atoms with Crippen LogP contribution >= 0.6 is 0 Å². The van der Waals surface area contributed by atoms with Crippen molar-refractivity contribution >= 4 is 0 Å². The highest BCUT2D eigenvalue weighted by Gasteiger charge is 2.19. The fourth-order valence-corrected chi connectivity index (χ4v) is 3.19. The van der Waals surface area contributed by atoms with Gasteiger partial charge in [0, 0.05) is 0 Å². The third kappa shape index (κ3) is 3.50. The summed E-state index contributed by atoms with van der Waals surface area (Å²) in [5, 5.41) is 0. The van der Waals surface area contributed by atoms with E-state index in [4.69, 9.17) is 0 Å². The van der Waals surface area contributed by atoms with Crippen LogP contribution in [0.4, 0.5) is 0 Å². The van der Waals surface area contributed by atoms with Crippen molar-refractivity contribution < 1.29 is 0 Å². The topological polar surface area (TPSA) is 0 Å². The van der Waals surface area contributed by atoms with Crippen LogP contribution in [0, 0.1) is 11.8 Å². The first-order valence-corrected chi connectivity index (χ1v) is 7.22. The van der Waals surface area contributed by atoms with Gasteiger partial charge in [-0.25, -0.2) is 0 Å². The summed E-state index contributed by atoms with van der Waals surface area (Å²) in [5.41, 5.74) is 1.59. The molecule has 0 aromatic heterocycles. The van der Waals surface area contributed by atoms with Gasteiger partial charge in [0.1, 0.15) is 0 Å². The molecule has 1 atom stereocenters. The molecule has 0 nitrogen and oxygen atoms in total. The molecule has 0 heteroatoms. The zero-order chi connectivity index (χ0) is 11.2. The zero-order valence-electron chi connectivity index (χ0n) is 10.8. The summed E-state index contributed by atoms with van der Waals surface area (Å²) in [7, 11) is 0. The Hall–Kier alpha value is -0.520. The van der Waals surface area contributed by atoms with Crippen LogP contribution < -0.4 is 0 Å². The molecule has 0 bridgehead atoms. The monoisotopic (exact) mass is 218 g/mol. The van der Waals surface area contributed by atoms with Crippen molar-refractivity contribution in [2.24, 2.45) is 11.8 Å². The highest BCUT2D eigenvalue weighted by molar-refractivity contribution is 5.21. The Kier molecular flexibility index (Phi) is 4.69. The number of hydrogen-bond acceptors (Lipinski definition) is 0. The summed E-state index contributed by atoms with van der Waals surface area (Å²) in [6.07, 6.45) is 19.8. The summed E-state index contributed by atoms with van der Waals surface area (Å²) >= 11 is 0. The normalized spacial score (nSPS) is 24.2. The summed E-state index contributed by atoms with van der Waals surface area (Å²) in [6, 6.07) is 0. The quantitative estimate of drug-likeness (QED) is 0.604. The molecular formula is C16H26. The minimum Gasteiger partial charge on any atom is -0.0840 e. The van der Waals surface area contributed by atoms with Crippen LogP contribution in [0.1, 0.15) is 64.7 Å². The molecule has 0 aromatic rings. The molecule has 0 amide bonds. The Morgan fingerprint density at radius 3 is 2.69 bits per heavy atom. The van der Waals surface area contributed by atoms with Gasteiger partial charge in [0.05, 0.1) is 0 Å². The largest absolute Gasteiger partial charge is 0.0840 e. The van der Waals surface area contributed by atoms with E-state index in [1.54, 1.807) is 5.57 Å². The van der Waals surface area contributed by atoms with Crippen LogP contribution in [-0.2, 0) is 0 Å². The van der Waals surface area contributed by atoms with Gasteiger partial charge in [0.2, 0.25) is 0 Å².